The van der Waals surface area contributed by atoms with Gasteiger partial charge in [-0.1, -0.05) is 54.6 Å². The first-order chi connectivity index (χ1) is 12.7. The Morgan fingerprint density at radius 1 is 1.08 bits per heavy atom. The number of carbonyl (C=O) groups excluding carboxylic acids is 1. The maximum Gasteiger partial charge on any atom is 0.230 e. The molecule has 0 radical (unpaired) electrons. The van der Waals surface area contributed by atoms with Crippen molar-refractivity contribution >= 4 is 17.7 Å². The van der Waals surface area contributed by atoms with Crippen molar-refractivity contribution in [3.05, 3.63) is 71.3 Å². The topological polar surface area (TPSA) is 38.3 Å². The molecule has 26 heavy (non-hydrogen) atoms. The van der Waals surface area contributed by atoms with Gasteiger partial charge < -0.3 is 10.1 Å². The van der Waals surface area contributed by atoms with Gasteiger partial charge in [0.25, 0.3) is 0 Å². The van der Waals surface area contributed by atoms with Gasteiger partial charge in [-0.3, -0.25) is 4.79 Å². The van der Waals surface area contributed by atoms with Crippen molar-refractivity contribution in [3.63, 3.8) is 0 Å². The molecule has 0 aliphatic carbocycles. The fraction of sp³-hybridized carbons (Fsp3) is 0.409. The monoisotopic (exact) mass is 369 g/mol. The second-order valence-corrected chi connectivity index (χ2v) is 7.94. The van der Waals surface area contributed by atoms with E-state index in [0.29, 0.717) is 12.3 Å². The molecule has 1 aliphatic heterocycles. The van der Waals surface area contributed by atoms with Gasteiger partial charge in [-0.25, -0.2) is 0 Å². The summed E-state index contributed by atoms with van der Waals surface area (Å²) in [7, 11) is 0. The third kappa shape index (κ3) is 4.89. The molecule has 1 heterocycles. The van der Waals surface area contributed by atoms with Gasteiger partial charge >= 0.3 is 0 Å². The Balaban J connectivity index is 1.52. The summed E-state index contributed by atoms with van der Waals surface area (Å²) in [6, 6.07) is 18.9. The zero-order valence-electron chi connectivity index (χ0n) is 15.4. The first-order valence-electron chi connectivity index (χ1n) is 9.22. The number of hydrogen-bond acceptors (Lipinski definition) is 3. The standard InChI is InChI=1S/C22H27NO2S/c1-18-7-5-6-8-19(18)15-26-16-21(24)23-17-22(11-13-25-14-12-22)20-9-3-2-4-10-20/h2-10H,11-17H2,1H3,(H,23,24). The molecule has 0 atom stereocenters. The minimum atomic E-state index is -0.00411. The molecule has 138 valence electrons. The fourth-order valence-electron chi connectivity index (χ4n) is 3.47. The van der Waals surface area contributed by atoms with Gasteiger partial charge in [-0.05, 0) is 36.5 Å². The quantitative estimate of drug-likeness (QED) is 0.799. The third-order valence-electron chi connectivity index (χ3n) is 5.21. The Morgan fingerprint density at radius 3 is 2.50 bits per heavy atom. The van der Waals surface area contributed by atoms with Crippen LogP contribution in [0, 0.1) is 6.92 Å². The van der Waals surface area contributed by atoms with E-state index in [2.05, 4.69) is 54.7 Å². The number of thioether (sulfide) groups is 1. The van der Waals surface area contributed by atoms with E-state index in [1.54, 1.807) is 11.8 Å². The van der Waals surface area contributed by atoms with E-state index < -0.39 is 0 Å². The molecule has 2 aromatic carbocycles. The molecule has 1 aliphatic rings. The minimum Gasteiger partial charge on any atom is -0.381 e. The first kappa shape index (κ1) is 19.0. The van der Waals surface area contributed by atoms with Crippen molar-refractivity contribution in [2.75, 3.05) is 25.5 Å². The van der Waals surface area contributed by atoms with Crippen molar-refractivity contribution < 1.29 is 9.53 Å². The Kier molecular flexibility index (Phi) is 6.75. The third-order valence-corrected chi connectivity index (χ3v) is 6.19. The highest BCUT2D eigenvalue weighted by atomic mass is 32.2. The molecule has 3 rings (SSSR count). The molecule has 1 fully saturated rings. The molecule has 1 saturated heterocycles. The summed E-state index contributed by atoms with van der Waals surface area (Å²) in [6.07, 6.45) is 1.90. The van der Waals surface area contributed by atoms with Crippen LogP contribution in [0.15, 0.2) is 54.6 Å². The average Bonchev–Trinajstić information content (AvgIpc) is 2.69. The second kappa shape index (κ2) is 9.24. The van der Waals surface area contributed by atoms with Gasteiger partial charge in [-0.2, -0.15) is 0 Å². The van der Waals surface area contributed by atoms with E-state index in [9.17, 15) is 4.79 Å². The molecular formula is C22H27NO2S. The molecule has 2 aromatic rings. The van der Waals surface area contributed by atoms with E-state index in [4.69, 9.17) is 4.74 Å². The lowest BCUT2D eigenvalue weighted by atomic mass is 9.74. The lowest BCUT2D eigenvalue weighted by Crippen LogP contribution is -2.45. The summed E-state index contributed by atoms with van der Waals surface area (Å²) in [4.78, 5) is 12.4. The van der Waals surface area contributed by atoms with Crippen LogP contribution < -0.4 is 5.32 Å². The predicted octanol–water partition coefficient (Wildman–Crippen LogP) is 4.09. The van der Waals surface area contributed by atoms with E-state index >= 15 is 0 Å². The Morgan fingerprint density at radius 2 is 1.77 bits per heavy atom. The predicted molar refractivity (Wildman–Crippen MR) is 109 cm³/mol. The van der Waals surface area contributed by atoms with Gasteiger partial charge in [0.2, 0.25) is 5.91 Å². The molecule has 0 saturated carbocycles. The highest BCUT2D eigenvalue weighted by molar-refractivity contribution is 7.99. The van der Waals surface area contributed by atoms with Crippen LogP contribution in [0.25, 0.3) is 0 Å². The van der Waals surface area contributed by atoms with Gasteiger partial charge in [0, 0.05) is 30.9 Å². The zero-order chi connectivity index (χ0) is 18.2. The van der Waals surface area contributed by atoms with Crippen LogP contribution in [0.5, 0.6) is 0 Å². The van der Waals surface area contributed by atoms with Crippen LogP contribution in [0.2, 0.25) is 0 Å². The van der Waals surface area contributed by atoms with E-state index in [1.807, 2.05) is 12.1 Å². The Labute approximate surface area is 160 Å². The summed E-state index contributed by atoms with van der Waals surface area (Å²) in [6.45, 7) is 4.31. The molecule has 0 spiro atoms. The second-order valence-electron chi connectivity index (χ2n) is 6.95. The Hall–Kier alpha value is -1.78. The number of carbonyl (C=O) groups is 1. The lowest BCUT2D eigenvalue weighted by molar-refractivity contribution is -0.119. The maximum atomic E-state index is 12.4. The Bertz CT molecular complexity index is 711. The molecule has 4 heteroatoms. The zero-order valence-corrected chi connectivity index (χ0v) is 16.2. The highest BCUT2D eigenvalue weighted by Gasteiger charge is 2.34. The smallest absolute Gasteiger partial charge is 0.230 e. The molecular weight excluding hydrogens is 342 g/mol. The van der Waals surface area contributed by atoms with Crippen molar-refractivity contribution in [2.45, 2.75) is 30.9 Å². The largest absolute Gasteiger partial charge is 0.381 e. The summed E-state index contributed by atoms with van der Waals surface area (Å²) >= 11 is 1.67. The summed E-state index contributed by atoms with van der Waals surface area (Å²) < 4.78 is 5.56. The number of ether oxygens (including phenoxy) is 1. The lowest BCUT2D eigenvalue weighted by Gasteiger charge is -2.38. The average molecular weight is 370 g/mol. The number of amides is 1. The van der Waals surface area contributed by atoms with Gasteiger partial charge in [0.05, 0.1) is 5.75 Å². The number of benzene rings is 2. The van der Waals surface area contributed by atoms with Crippen molar-refractivity contribution in [1.29, 1.82) is 0 Å². The van der Waals surface area contributed by atoms with E-state index in [-0.39, 0.29) is 11.3 Å². The molecule has 0 bridgehead atoms. The molecule has 1 amide bonds. The maximum absolute atomic E-state index is 12.4. The number of rotatable bonds is 7. The van der Waals surface area contributed by atoms with E-state index in [1.165, 1.54) is 16.7 Å². The van der Waals surface area contributed by atoms with Gasteiger partial charge in [-0.15, -0.1) is 11.8 Å². The van der Waals surface area contributed by atoms with Crippen molar-refractivity contribution in [1.82, 2.24) is 5.32 Å². The number of aryl methyl sites for hydroxylation is 1. The van der Waals surface area contributed by atoms with Crippen LogP contribution in [-0.2, 0) is 20.7 Å². The normalized spacial score (nSPS) is 16.2. The molecule has 1 N–H and O–H groups in total. The van der Waals surface area contributed by atoms with Gasteiger partial charge in [0.15, 0.2) is 0 Å². The number of hydrogen-bond donors (Lipinski definition) is 1. The SMILES string of the molecule is Cc1ccccc1CSCC(=O)NCC1(c2ccccc2)CCOCC1. The summed E-state index contributed by atoms with van der Waals surface area (Å²) in [5.74, 6) is 1.48. The summed E-state index contributed by atoms with van der Waals surface area (Å²) in [5, 5.41) is 3.18. The van der Waals surface area contributed by atoms with Crippen molar-refractivity contribution in [2.24, 2.45) is 0 Å². The molecule has 0 unspecified atom stereocenters. The summed E-state index contributed by atoms with van der Waals surface area (Å²) in [5.41, 5.74) is 3.88. The van der Waals surface area contributed by atoms with Crippen LogP contribution in [-0.4, -0.2) is 31.4 Å². The minimum absolute atomic E-state index is 0.00411. The molecule has 0 aromatic heterocycles. The first-order valence-corrected chi connectivity index (χ1v) is 10.4. The van der Waals surface area contributed by atoms with Crippen LogP contribution in [0.3, 0.4) is 0 Å². The van der Waals surface area contributed by atoms with Gasteiger partial charge in [0.1, 0.15) is 0 Å². The number of nitrogens with one attached hydrogen (secondary N) is 1. The van der Waals surface area contributed by atoms with E-state index in [0.717, 1.165) is 31.8 Å². The van der Waals surface area contributed by atoms with Crippen LogP contribution >= 0.6 is 11.8 Å². The van der Waals surface area contributed by atoms with Crippen molar-refractivity contribution in [3.8, 4) is 0 Å². The highest BCUT2D eigenvalue weighted by Crippen LogP contribution is 2.34. The van der Waals surface area contributed by atoms with Crippen LogP contribution in [0.4, 0.5) is 0 Å². The molecule has 3 nitrogen and oxygen atoms in total. The fourth-order valence-corrected chi connectivity index (χ4v) is 4.40. The van der Waals surface area contributed by atoms with Crippen LogP contribution in [0.1, 0.15) is 29.5 Å².